The van der Waals surface area contributed by atoms with Crippen molar-refractivity contribution in [3.05, 3.63) is 89.0 Å². The van der Waals surface area contributed by atoms with E-state index in [4.69, 9.17) is 28.8 Å². The lowest BCUT2D eigenvalue weighted by molar-refractivity contribution is -0.197. The fourth-order valence-electron chi connectivity index (χ4n) is 8.86. The number of carbonyl (C=O) groups excluding carboxylic acids is 5. The molecule has 3 aromatic rings. The molecule has 0 saturated carbocycles. The molecule has 16 nitrogen and oxygen atoms in total. The van der Waals surface area contributed by atoms with E-state index in [1.165, 1.54) is 0 Å². The van der Waals surface area contributed by atoms with Crippen LogP contribution in [-0.4, -0.2) is 121 Å². The number of hydrogen-bond acceptors (Lipinski definition) is 15. The number of hydrogen-bond donors (Lipinski definition) is 1. The lowest BCUT2D eigenvalue weighted by atomic mass is 10.1. The second-order valence-electron chi connectivity index (χ2n) is 18.0. The summed E-state index contributed by atoms with van der Waals surface area (Å²) >= 11 is 0. The van der Waals surface area contributed by atoms with E-state index >= 15 is 0 Å². The molecule has 0 aliphatic carbocycles. The predicted molar refractivity (Wildman–Crippen MR) is 259 cm³/mol. The van der Waals surface area contributed by atoms with Crippen molar-refractivity contribution >= 4 is 74.5 Å². The number of nitrogens with zero attached hydrogens (tertiary/aromatic N) is 5. The van der Waals surface area contributed by atoms with Gasteiger partial charge < -0.3 is 43.8 Å². The summed E-state index contributed by atoms with van der Waals surface area (Å²) in [6.07, 6.45) is 3.95. The quantitative estimate of drug-likeness (QED) is 0.0575. The van der Waals surface area contributed by atoms with Crippen LogP contribution in [0.15, 0.2) is 71.8 Å². The van der Waals surface area contributed by atoms with Crippen LogP contribution in [0.4, 0.5) is 17.1 Å². The van der Waals surface area contributed by atoms with Crippen molar-refractivity contribution in [1.82, 2.24) is 14.9 Å². The lowest BCUT2D eigenvalue weighted by Crippen LogP contribution is -2.36. The van der Waals surface area contributed by atoms with Crippen molar-refractivity contribution in [2.45, 2.75) is 82.4 Å². The molecular weight excluding hydrogens is 897 g/mol. The van der Waals surface area contributed by atoms with Crippen LogP contribution in [0.5, 0.6) is 23.0 Å². The molecule has 4 amide bonds. The fraction of sp³-hybridized carbons (Fsp3) is 0.429. The molecular formula is C49H56N6O10S2. The second-order valence-corrected chi connectivity index (χ2v) is 21.1. The number of methoxy groups -OCH3 is 2. The van der Waals surface area contributed by atoms with E-state index < -0.39 is 17.8 Å². The Bertz CT molecular complexity index is 2530. The van der Waals surface area contributed by atoms with Gasteiger partial charge in [0.1, 0.15) is 13.2 Å². The first-order valence-corrected chi connectivity index (χ1v) is 24.6. The number of rotatable bonds is 18. The van der Waals surface area contributed by atoms with Gasteiger partial charge in [0.05, 0.1) is 48.8 Å². The summed E-state index contributed by atoms with van der Waals surface area (Å²) in [5.74, 6) is 0.649. The van der Waals surface area contributed by atoms with Crippen molar-refractivity contribution in [1.29, 1.82) is 0 Å². The maximum absolute atomic E-state index is 13.7. The van der Waals surface area contributed by atoms with E-state index in [0.29, 0.717) is 95.3 Å². The summed E-state index contributed by atoms with van der Waals surface area (Å²) in [7, 11) is 8.47. The van der Waals surface area contributed by atoms with Crippen LogP contribution in [-0.2, 0) is 32.4 Å². The van der Waals surface area contributed by atoms with Gasteiger partial charge in [-0.25, -0.2) is 4.79 Å². The van der Waals surface area contributed by atoms with Crippen LogP contribution >= 0.6 is 21.6 Å². The first kappa shape index (κ1) is 47.4. The SMILES string of the molecule is C=C1C[C@H]2CNc3cc(OCc4cc(COc5cc6c(cc5OC)C(=O)N5CC(=C)C[C@H]5C=N6)cc(N(C)CC(C)(C)SSCCCC(=O)ON5C(=O)CCC5=O)c4)c(OC)cc3C(=O)N2C1. The van der Waals surface area contributed by atoms with Gasteiger partial charge >= 0.3 is 5.97 Å². The van der Waals surface area contributed by atoms with Crippen molar-refractivity contribution in [2.24, 2.45) is 4.99 Å². The van der Waals surface area contributed by atoms with Crippen LogP contribution < -0.4 is 29.2 Å². The van der Waals surface area contributed by atoms with E-state index in [0.717, 1.165) is 34.4 Å². The third-order valence-corrected chi connectivity index (χ3v) is 15.5. The van der Waals surface area contributed by atoms with Crippen LogP contribution in [0, 0.1) is 0 Å². The first-order valence-electron chi connectivity index (χ1n) is 22.2. The van der Waals surface area contributed by atoms with Gasteiger partial charge in [-0.2, -0.15) is 0 Å². The molecule has 354 valence electrons. The zero-order valence-corrected chi connectivity index (χ0v) is 40.1. The Hall–Kier alpha value is -6.14. The summed E-state index contributed by atoms with van der Waals surface area (Å²) in [5.41, 5.74) is 6.81. The predicted octanol–water partition coefficient (Wildman–Crippen LogP) is 7.53. The molecule has 3 fully saturated rings. The van der Waals surface area contributed by atoms with Gasteiger partial charge in [-0.3, -0.25) is 24.2 Å². The van der Waals surface area contributed by atoms with E-state index in [1.807, 2.05) is 24.1 Å². The summed E-state index contributed by atoms with van der Waals surface area (Å²) in [5, 5.41) is 4.04. The third kappa shape index (κ3) is 10.7. The van der Waals surface area contributed by atoms with E-state index in [1.54, 1.807) is 65.1 Å². The fourth-order valence-corrected chi connectivity index (χ4v) is 11.5. The number of benzene rings is 3. The first-order chi connectivity index (χ1) is 32.1. The zero-order chi connectivity index (χ0) is 47.6. The van der Waals surface area contributed by atoms with Gasteiger partial charge in [0, 0.05) is 87.0 Å². The number of fused-ring (bicyclic) bond motifs is 4. The lowest BCUT2D eigenvalue weighted by Gasteiger charge is -2.31. The second kappa shape index (κ2) is 20.0. The maximum Gasteiger partial charge on any atom is 0.333 e. The molecule has 0 radical (unpaired) electrons. The molecule has 1 N–H and O–H groups in total. The van der Waals surface area contributed by atoms with Crippen molar-refractivity contribution in [2.75, 3.05) is 63.4 Å². The normalized spacial score (nSPS) is 18.8. The van der Waals surface area contributed by atoms with Crippen molar-refractivity contribution in [3.8, 4) is 23.0 Å². The Morgan fingerprint density at radius 3 is 2.15 bits per heavy atom. The molecule has 8 rings (SSSR count). The highest BCUT2D eigenvalue weighted by Crippen LogP contribution is 2.42. The topological polar surface area (TPSA) is 169 Å². The number of carbonyl (C=O) groups is 5. The summed E-state index contributed by atoms with van der Waals surface area (Å²) in [6, 6.07) is 13.0. The van der Waals surface area contributed by atoms with Crippen LogP contribution in [0.1, 0.15) is 84.2 Å². The van der Waals surface area contributed by atoms with Gasteiger partial charge in [0.15, 0.2) is 23.0 Å². The van der Waals surface area contributed by atoms with Gasteiger partial charge in [0.25, 0.3) is 23.6 Å². The Kier molecular flexibility index (Phi) is 14.1. The highest BCUT2D eigenvalue weighted by molar-refractivity contribution is 8.77. The van der Waals surface area contributed by atoms with Gasteiger partial charge in [-0.1, -0.05) is 45.9 Å². The van der Waals surface area contributed by atoms with Crippen LogP contribution in [0.2, 0.25) is 0 Å². The number of anilines is 2. The standard InChI is InChI=1S/C49H56N6O10S2/c1-29-13-34-22-50-38-20-42(40(61-6)18-36(38)47(59)53(34)24-29)63-26-31-15-32(27-64-43-21-39-37(19-41(43)62-7)48(60)54-25-30(2)14-35(54)23-51-39)17-33(16-31)52(5)28-49(3,4)67-66-12-8-9-46(58)65-55-44(56)10-11-45(55)57/h15-22,34-35,51H,1-2,8-14,23-28H2,3-7H3/t34-,35-/m0/s1. The molecule has 0 aromatic heterocycles. The molecule has 0 spiro atoms. The molecule has 3 saturated heterocycles. The highest BCUT2D eigenvalue weighted by Gasteiger charge is 2.37. The number of amides is 4. The number of imide groups is 1. The molecule has 3 aromatic carbocycles. The van der Waals surface area contributed by atoms with Gasteiger partial charge in [-0.05, 0) is 74.6 Å². The summed E-state index contributed by atoms with van der Waals surface area (Å²) < 4.78 is 24.3. The molecule has 5 heterocycles. The monoisotopic (exact) mass is 952 g/mol. The molecule has 5 aliphatic rings. The number of ether oxygens (including phenoxy) is 4. The molecule has 2 atom stereocenters. The average molecular weight is 953 g/mol. The Morgan fingerprint density at radius 2 is 1.46 bits per heavy atom. The smallest absolute Gasteiger partial charge is 0.333 e. The molecule has 18 heteroatoms. The van der Waals surface area contributed by atoms with E-state index in [9.17, 15) is 24.0 Å². The minimum Gasteiger partial charge on any atom is -0.493 e. The van der Waals surface area contributed by atoms with Crippen LogP contribution in [0.25, 0.3) is 0 Å². The van der Waals surface area contributed by atoms with E-state index in [-0.39, 0.29) is 61.1 Å². The van der Waals surface area contributed by atoms with Gasteiger partial charge in [0.2, 0.25) is 0 Å². The number of aliphatic imine (C=N–C) groups is 1. The number of hydroxylamine groups is 2. The Balaban J connectivity index is 0.982. The summed E-state index contributed by atoms with van der Waals surface area (Å²) in [4.78, 5) is 78.8. The molecule has 0 unspecified atom stereocenters. The molecule has 5 aliphatic heterocycles. The zero-order valence-electron chi connectivity index (χ0n) is 38.5. The minimum atomic E-state index is -0.604. The van der Waals surface area contributed by atoms with E-state index in [2.05, 4.69) is 49.4 Å². The van der Waals surface area contributed by atoms with Crippen molar-refractivity contribution < 1.29 is 47.8 Å². The Labute approximate surface area is 398 Å². The average Bonchev–Trinajstić information content (AvgIpc) is 3.93. The molecule has 67 heavy (non-hydrogen) atoms. The largest absolute Gasteiger partial charge is 0.493 e. The Morgan fingerprint density at radius 1 is 0.836 bits per heavy atom. The molecule has 0 bridgehead atoms. The third-order valence-electron chi connectivity index (χ3n) is 12.1. The number of nitrogens with one attached hydrogen (secondary N) is 1. The maximum atomic E-state index is 13.7. The van der Waals surface area contributed by atoms with Gasteiger partial charge in [-0.15, -0.1) is 5.06 Å². The minimum absolute atomic E-state index is 0.0306. The summed E-state index contributed by atoms with van der Waals surface area (Å²) in [6.45, 7) is 15.1. The highest BCUT2D eigenvalue weighted by atomic mass is 33.1. The van der Waals surface area contributed by atoms with Crippen LogP contribution in [0.3, 0.4) is 0 Å². The van der Waals surface area contributed by atoms with Crippen molar-refractivity contribution in [3.63, 3.8) is 0 Å².